The number of rotatable bonds is 11. The van der Waals surface area contributed by atoms with Crippen molar-refractivity contribution in [1.29, 1.82) is 0 Å². The summed E-state index contributed by atoms with van der Waals surface area (Å²) in [5.74, 6) is 0.667. The molecule has 35 heavy (non-hydrogen) atoms. The van der Waals surface area contributed by atoms with Gasteiger partial charge >= 0.3 is 6.03 Å². The maximum atomic E-state index is 13.2. The molecule has 0 atom stereocenters. The molecule has 0 saturated carbocycles. The third-order valence-electron chi connectivity index (χ3n) is 5.09. The highest BCUT2D eigenvalue weighted by molar-refractivity contribution is 6.30. The molecular weight excluding hydrogens is 452 g/mol. The molecule has 1 N–H and O–H groups in total. The summed E-state index contributed by atoms with van der Waals surface area (Å²) in [6.07, 6.45) is 2.27. The van der Waals surface area contributed by atoms with Crippen LogP contribution in [0.2, 0.25) is 0 Å². The average Bonchev–Trinajstić information content (AvgIpc) is 2.85. The molecule has 0 radical (unpaired) electrons. The van der Waals surface area contributed by atoms with Crippen molar-refractivity contribution in [2.75, 3.05) is 26.9 Å². The number of methoxy groups -OCH3 is 1. The predicted molar refractivity (Wildman–Crippen MR) is 130 cm³/mol. The molecule has 0 spiro atoms. The Hall–Kier alpha value is -4.01. The predicted octanol–water partition coefficient (Wildman–Crippen LogP) is 3.94. The van der Waals surface area contributed by atoms with Crippen LogP contribution < -0.4 is 24.3 Å². The van der Waals surface area contributed by atoms with Gasteiger partial charge < -0.3 is 18.9 Å². The molecule has 2 aromatic rings. The highest BCUT2D eigenvalue weighted by atomic mass is 16.5. The van der Waals surface area contributed by atoms with Gasteiger partial charge in [0, 0.05) is 0 Å². The average molecular weight is 483 g/mol. The first kappa shape index (κ1) is 25.6. The van der Waals surface area contributed by atoms with Crippen LogP contribution in [0.1, 0.15) is 38.3 Å². The number of imide groups is 2. The molecule has 1 fully saturated rings. The molecular formula is C26H30N2O7. The van der Waals surface area contributed by atoms with Gasteiger partial charge in [-0.15, -0.1) is 0 Å². The first-order chi connectivity index (χ1) is 16.9. The fourth-order valence-electron chi connectivity index (χ4n) is 3.49. The van der Waals surface area contributed by atoms with Gasteiger partial charge in [0.25, 0.3) is 11.8 Å². The maximum absolute atomic E-state index is 13.2. The molecule has 4 amide bonds. The molecule has 2 aromatic carbocycles. The fraction of sp³-hybridized carbons (Fsp3) is 0.346. The molecule has 0 aromatic heterocycles. The van der Waals surface area contributed by atoms with Crippen LogP contribution in [0.3, 0.4) is 0 Å². The standard InChI is InChI=1S/C26H30N2O7/c1-5-12-35-20-11-9-18(15-22(20)32-4)16-28-25(30)19(24(29)27-26(28)31)13-17-8-10-21(33-6-2)23(14-17)34-7-3/h8-11,13-15H,5-7,12,16H2,1-4H3,(H,27,29,31). The quantitative estimate of drug-likeness (QED) is 0.382. The summed E-state index contributed by atoms with van der Waals surface area (Å²) >= 11 is 0. The zero-order chi connectivity index (χ0) is 25.4. The number of urea groups is 1. The van der Waals surface area contributed by atoms with Crippen LogP contribution in [0.25, 0.3) is 6.08 Å². The number of carbonyl (C=O) groups excluding carboxylic acids is 3. The second-order valence-electron chi connectivity index (χ2n) is 7.61. The van der Waals surface area contributed by atoms with Crippen LogP contribution in [0.5, 0.6) is 23.0 Å². The van der Waals surface area contributed by atoms with Crippen LogP contribution >= 0.6 is 0 Å². The Morgan fingerprint density at radius 2 is 1.54 bits per heavy atom. The van der Waals surface area contributed by atoms with E-state index in [-0.39, 0.29) is 12.1 Å². The van der Waals surface area contributed by atoms with E-state index in [4.69, 9.17) is 18.9 Å². The first-order valence-electron chi connectivity index (χ1n) is 11.5. The second kappa shape index (κ2) is 11.9. The normalized spacial score (nSPS) is 14.7. The number of amides is 4. The summed E-state index contributed by atoms with van der Waals surface area (Å²) in [5.41, 5.74) is 1.04. The van der Waals surface area contributed by atoms with Crippen molar-refractivity contribution in [3.8, 4) is 23.0 Å². The smallest absolute Gasteiger partial charge is 0.331 e. The Morgan fingerprint density at radius 1 is 0.857 bits per heavy atom. The highest BCUT2D eigenvalue weighted by Gasteiger charge is 2.35. The summed E-state index contributed by atoms with van der Waals surface area (Å²) in [6, 6.07) is 9.49. The van der Waals surface area contributed by atoms with E-state index in [1.165, 1.54) is 13.2 Å². The van der Waals surface area contributed by atoms with E-state index >= 15 is 0 Å². The summed E-state index contributed by atoms with van der Waals surface area (Å²) in [6.45, 7) is 7.09. The van der Waals surface area contributed by atoms with Crippen molar-refractivity contribution in [2.24, 2.45) is 0 Å². The third-order valence-corrected chi connectivity index (χ3v) is 5.09. The molecule has 3 rings (SSSR count). The Bertz CT molecular complexity index is 1130. The monoisotopic (exact) mass is 482 g/mol. The number of nitrogens with one attached hydrogen (secondary N) is 1. The van der Waals surface area contributed by atoms with Gasteiger partial charge in [0.1, 0.15) is 5.57 Å². The van der Waals surface area contributed by atoms with E-state index in [9.17, 15) is 14.4 Å². The summed E-state index contributed by atoms with van der Waals surface area (Å²) < 4.78 is 22.2. The van der Waals surface area contributed by atoms with E-state index in [2.05, 4.69) is 5.32 Å². The lowest BCUT2D eigenvalue weighted by atomic mass is 10.1. The zero-order valence-electron chi connectivity index (χ0n) is 20.4. The third kappa shape index (κ3) is 6.11. The molecule has 1 saturated heterocycles. The lowest BCUT2D eigenvalue weighted by Crippen LogP contribution is -2.53. The van der Waals surface area contributed by atoms with Crippen molar-refractivity contribution in [3.05, 3.63) is 53.1 Å². The lowest BCUT2D eigenvalue weighted by molar-refractivity contribution is -0.130. The van der Waals surface area contributed by atoms with Gasteiger partial charge in [0.2, 0.25) is 0 Å². The molecule has 9 nitrogen and oxygen atoms in total. The summed E-state index contributed by atoms with van der Waals surface area (Å²) in [5, 5.41) is 2.24. The number of nitrogens with zero attached hydrogens (tertiary/aromatic N) is 1. The number of ether oxygens (including phenoxy) is 4. The number of hydrogen-bond acceptors (Lipinski definition) is 7. The van der Waals surface area contributed by atoms with Crippen LogP contribution in [0.4, 0.5) is 4.79 Å². The van der Waals surface area contributed by atoms with Crippen molar-refractivity contribution in [1.82, 2.24) is 10.2 Å². The minimum atomic E-state index is -0.788. The molecule has 186 valence electrons. The van der Waals surface area contributed by atoms with Gasteiger partial charge in [-0.05, 0) is 61.7 Å². The van der Waals surface area contributed by atoms with E-state index in [1.807, 2.05) is 20.8 Å². The number of hydrogen-bond donors (Lipinski definition) is 1. The molecule has 9 heteroatoms. The van der Waals surface area contributed by atoms with Crippen molar-refractivity contribution in [3.63, 3.8) is 0 Å². The van der Waals surface area contributed by atoms with Crippen LogP contribution in [0.15, 0.2) is 42.0 Å². The SMILES string of the molecule is CCCOc1ccc(CN2C(=O)NC(=O)C(=Cc3ccc(OCC)c(OCC)c3)C2=O)cc1OC. The van der Waals surface area contributed by atoms with Gasteiger partial charge in [-0.25, -0.2) is 4.79 Å². The van der Waals surface area contributed by atoms with E-state index in [1.54, 1.807) is 36.4 Å². The second-order valence-corrected chi connectivity index (χ2v) is 7.61. The minimum Gasteiger partial charge on any atom is -0.493 e. The fourth-order valence-corrected chi connectivity index (χ4v) is 3.49. The van der Waals surface area contributed by atoms with Crippen LogP contribution in [-0.2, 0) is 16.1 Å². The van der Waals surface area contributed by atoms with Crippen molar-refractivity contribution >= 4 is 23.9 Å². The van der Waals surface area contributed by atoms with E-state index in [0.29, 0.717) is 53.9 Å². The van der Waals surface area contributed by atoms with Crippen LogP contribution in [-0.4, -0.2) is 49.7 Å². The number of carbonyl (C=O) groups is 3. The van der Waals surface area contributed by atoms with Gasteiger partial charge in [-0.1, -0.05) is 19.1 Å². The van der Waals surface area contributed by atoms with Gasteiger partial charge in [-0.2, -0.15) is 0 Å². The lowest BCUT2D eigenvalue weighted by Gasteiger charge is -2.26. The van der Waals surface area contributed by atoms with Crippen LogP contribution in [0, 0.1) is 0 Å². The Labute approximate surface area is 204 Å². The van der Waals surface area contributed by atoms with E-state index in [0.717, 1.165) is 11.3 Å². The summed E-state index contributed by atoms with van der Waals surface area (Å²) in [4.78, 5) is 39.1. The first-order valence-corrected chi connectivity index (χ1v) is 11.5. The summed E-state index contributed by atoms with van der Waals surface area (Å²) in [7, 11) is 1.52. The minimum absolute atomic E-state index is 0.0484. The topological polar surface area (TPSA) is 103 Å². The van der Waals surface area contributed by atoms with Gasteiger partial charge in [-0.3, -0.25) is 19.8 Å². The van der Waals surface area contributed by atoms with Gasteiger partial charge in [0.05, 0.1) is 33.5 Å². The molecule has 0 bridgehead atoms. The largest absolute Gasteiger partial charge is 0.493 e. The molecule has 1 heterocycles. The Kier molecular flexibility index (Phi) is 8.72. The number of benzene rings is 2. The number of barbiturate groups is 1. The Morgan fingerprint density at radius 3 is 2.23 bits per heavy atom. The van der Waals surface area contributed by atoms with Crippen molar-refractivity contribution < 1.29 is 33.3 Å². The Balaban J connectivity index is 1.87. The van der Waals surface area contributed by atoms with Gasteiger partial charge in [0.15, 0.2) is 23.0 Å². The highest BCUT2D eigenvalue weighted by Crippen LogP contribution is 2.31. The van der Waals surface area contributed by atoms with E-state index < -0.39 is 17.8 Å². The zero-order valence-corrected chi connectivity index (χ0v) is 20.4. The molecule has 1 aliphatic heterocycles. The van der Waals surface area contributed by atoms with Crippen molar-refractivity contribution in [2.45, 2.75) is 33.7 Å². The molecule has 1 aliphatic rings. The maximum Gasteiger partial charge on any atom is 0.331 e. The molecule has 0 unspecified atom stereocenters. The molecule has 0 aliphatic carbocycles.